The van der Waals surface area contributed by atoms with E-state index in [-0.39, 0.29) is 31.1 Å². The maximum absolute atomic E-state index is 12.8. The summed E-state index contributed by atoms with van der Waals surface area (Å²) in [6.07, 6.45) is 55.2. The van der Waals surface area contributed by atoms with Crippen LogP contribution in [0.2, 0.25) is 0 Å². The molecule has 0 aromatic carbocycles. The lowest BCUT2D eigenvalue weighted by molar-refractivity contribution is -0.167. The van der Waals surface area contributed by atoms with Crippen molar-refractivity contribution in [3.05, 3.63) is 0 Å². The molecule has 0 fully saturated rings. The van der Waals surface area contributed by atoms with Crippen LogP contribution in [-0.2, 0) is 28.6 Å². The highest BCUT2D eigenvalue weighted by Crippen LogP contribution is 2.18. The van der Waals surface area contributed by atoms with Gasteiger partial charge >= 0.3 is 17.9 Å². The molecule has 0 heterocycles. The van der Waals surface area contributed by atoms with Crippen molar-refractivity contribution < 1.29 is 28.6 Å². The Morgan fingerprint density at radius 3 is 0.754 bits per heavy atom. The molecule has 0 aromatic rings. The van der Waals surface area contributed by atoms with E-state index < -0.39 is 6.10 Å². The molecule has 65 heavy (non-hydrogen) atoms. The Labute approximate surface area is 406 Å². The summed E-state index contributed by atoms with van der Waals surface area (Å²) < 4.78 is 16.9. The average Bonchev–Trinajstić information content (AvgIpc) is 3.28. The topological polar surface area (TPSA) is 78.9 Å². The second-order valence-corrected chi connectivity index (χ2v) is 21.2. The van der Waals surface area contributed by atoms with Crippen molar-refractivity contribution in [3.8, 4) is 0 Å². The molecule has 0 saturated carbocycles. The van der Waals surface area contributed by atoms with Gasteiger partial charge in [0.15, 0.2) is 6.10 Å². The van der Waals surface area contributed by atoms with E-state index in [1.807, 2.05) is 0 Å². The van der Waals surface area contributed by atoms with Gasteiger partial charge in [0.1, 0.15) is 13.2 Å². The van der Waals surface area contributed by atoms with Gasteiger partial charge in [-0.15, -0.1) is 0 Å². The van der Waals surface area contributed by atoms with Gasteiger partial charge in [0.05, 0.1) is 0 Å². The third-order valence-corrected chi connectivity index (χ3v) is 13.5. The standard InChI is InChI=1S/C59H114O6/c1-6-7-8-9-10-11-12-13-19-25-31-36-41-46-51-59(62)65-56(53-64-58(61)50-45-40-35-30-26-21-23-28-33-38-43-48-55(4)5)52-63-57(60)49-44-39-34-29-24-20-17-15-14-16-18-22-27-32-37-42-47-54(2)3/h54-56H,6-53H2,1-5H3/t56-/m1/s1. The number of esters is 3. The van der Waals surface area contributed by atoms with Crippen LogP contribution in [0.4, 0.5) is 0 Å². The molecule has 0 aromatic heterocycles. The van der Waals surface area contributed by atoms with Crippen molar-refractivity contribution in [1.82, 2.24) is 0 Å². The second kappa shape index (κ2) is 51.8. The van der Waals surface area contributed by atoms with E-state index >= 15 is 0 Å². The summed E-state index contributed by atoms with van der Waals surface area (Å²) in [5.41, 5.74) is 0. The number of unbranched alkanes of at least 4 members (excludes halogenated alkanes) is 38. The first kappa shape index (κ1) is 63.4. The lowest BCUT2D eigenvalue weighted by Crippen LogP contribution is -2.30. The van der Waals surface area contributed by atoms with Crippen molar-refractivity contribution in [1.29, 1.82) is 0 Å². The normalized spacial score (nSPS) is 12.0. The molecule has 0 radical (unpaired) electrons. The Morgan fingerprint density at radius 1 is 0.292 bits per heavy atom. The van der Waals surface area contributed by atoms with E-state index in [9.17, 15) is 14.4 Å². The van der Waals surface area contributed by atoms with Gasteiger partial charge in [0.2, 0.25) is 0 Å². The van der Waals surface area contributed by atoms with Crippen LogP contribution in [0.3, 0.4) is 0 Å². The summed E-state index contributed by atoms with van der Waals surface area (Å²) in [6, 6.07) is 0. The zero-order valence-corrected chi connectivity index (χ0v) is 44.6. The van der Waals surface area contributed by atoms with Crippen LogP contribution in [0.1, 0.15) is 330 Å². The first-order valence-corrected chi connectivity index (χ1v) is 29.2. The van der Waals surface area contributed by atoms with E-state index in [1.165, 1.54) is 218 Å². The molecule has 0 aliphatic rings. The molecule has 0 spiro atoms. The molecule has 6 nitrogen and oxygen atoms in total. The van der Waals surface area contributed by atoms with Gasteiger partial charge in [-0.05, 0) is 31.1 Å². The van der Waals surface area contributed by atoms with Crippen LogP contribution < -0.4 is 0 Å². The highest BCUT2D eigenvalue weighted by Gasteiger charge is 2.19. The summed E-state index contributed by atoms with van der Waals surface area (Å²) in [4.78, 5) is 38.1. The second-order valence-electron chi connectivity index (χ2n) is 21.2. The molecule has 6 heteroatoms. The number of carbonyl (C=O) groups is 3. The number of hydrogen-bond donors (Lipinski definition) is 0. The average molecular weight is 920 g/mol. The summed E-state index contributed by atoms with van der Waals surface area (Å²) in [6.45, 7) is 11.4. The van der Waals surface area contributed by atoms with Crippen molar-refractivity contribution in [2.45, 2.75) is 336 Å². The van der Waals surface area contributed by atoms with Crippen LogP contribution in [0, 0.1) is 11.8 Å². The lowest BCUT2D eigenvalue weighted by atomic mass is 10.0. The van der Waals surface area contributed by atoms with Crippen molar-refractivity contribution in [2.24, 2.45) is 11.8 Å². The van der Waals surface area contributed by atoms with Gasteiger partial charge in [-0.25, -0.2) is 0 Å². The van der Waals surface area contributed by atoms with Crippen LogP contribution in [0.25, 0.3) is 0 Å². The quantitative estimate of drug-likeness (QED) is 0.0344. The molecule has 386 valence electrons. The molecular formula is C59H114O6. The van der Waals surface area contributed by atoms with Gasteiger partial charge < -0.3 is 14.2 Å². The lowest BCUT2D eigenvalue weighted by Gasteiger charge is -2.18. The van der Waals surface area contributed by atoms with Gasteiger partial charge in [-0.3, -0.25) is 14.4 Å². The highest BCUT2D eigenvalue weighted by atomic mass is 16.6. The van der Waals surface area contributed by atoms with Crippen LogP contribution in [0.5, 0.6) is 0 Å². The van der Waals surface area contributed by atoms with Gasteiger partial charge in [0.25, 0.3) is 0 Å². The summed E-state index contributed by atoms with van der Waals surface area (Å²) in [5, 5.41) is 0. The van der Waals surface area contributed by atoms with E-state index in [2.05, 4.69) is 34.6 Å². The minimum Gasteiger partial charge on any atom is -0.462 e. The summed E-state index contributed by atoms with van der Waals surface area (Å²) in [7, 11) is 0. The zero-order valence-electron chi connectivity index (χ0n) is 44.6. The predicted octanol–water partition coefficient (Wildman–Crippen LogP) is 19.3. The van der Waals surface area contributed by atoms with E-state index in [0.29, 0.717) is 19.3 Å². The molecule has 0 aliphatic heterocycles. The van der Waals surface area contributed by atoms with E-state index in [1.54, 1.807) is 0 Å². The zero-order chi connectivity index (χ0) is 47.5. The van der Waals surface area contributed by atoms with Crippen LogP contribution >= 0.6 is 0 Å². The minimum atomic E-state index is -0.762. The summed E-state index contributed by atoms with van der Waals surface area (Å²) in [5.74, 6) is 0.842. The van der Waals surface area contributed by atoms with Gasteiger partial charge in [-0.1, -0.05) is 291 Å². The Hall–Kier alpha value is -1.59. The third kappa shape index (κ3) is 53.2. The first-order chi connectivity index (χ1) is 31.7. The molecule has 0 bridgehead atoms. The molecule has 0 unspecified atom stereocenters. The third-order valence-electron chi connectivity index (χ3n) is 13.5. The van der Waals surface area contributed by atoms with Crippen LogP contribution in [-0.4, -0.2) is 37.2 Å². The van der Waals surface area contributed by atoms with Gasteiger partial charge in [0, 0.05) is 19.3 Å². The maximum Gasteiger partial charge on any atom is 0.306 e. The highest BCUT2D eigenvalue weighted by molar-refractivity contribution is 5.71. The fourth-order valence-corrected chi connectivity index (χ4v) is 9.05. The smallest absolute Gasteiger partial charge is 0.306 e. The molecule has 0 N–H and O–H groups in total. The minimum absolute atomic E-state index is 0.0625. The first-order valence-electron chi connectivity index (χ1n) is 29.2. The Balaban J connectivity index is 4.27. The van der Waals surface area contributed by atoms with E-state index in [4.69, 9.17) is 14.2 Å². The number of carbonyl (C=O) groups excluding carboxylic acids is 3. The molecule has 0 saturated heterocycles. The molecule has 0 rings (SSSR count). The van der Waals surface area contributed by atoms with Gasteiger partial charge in [-0.2, -0.15) is 0 Å². The largest absolute Gasteiger partial charge is 0.462 e. The number of rotatable bonds is 53. The molecular weight excluding hydrogens is 805 g/mol. The monoisotopic (exact) mass is 919 g/mol. The Kier molecular flexibility index (Phi) is 50.5. The fourth-order valence-electron chi connectivity index (χ4n) is 9.05. The molecule has 0 amide bonds. The van der Waals surface area contributed by atoms with Crippen molar-refractivity contribution in [3.63, 3.8) is 0 Å². The SMILES string of the molecule is CCCCCCCCCCCCCCCCC(=O)O[C@H](COC(=O)CCCCCCCCCCCCCCCCCCC(C)C)COC(=O)CCCCCCCCCCCCCC(C)C. The Morgan fingerprint density at radius 2 is 0.508 bits per heavy atom. The van der Waals surface area contributed by atoms with Crippen LogP contribution in [0.15, 0.2) is 0 Å². The molecule has 0 aliphatic carbocycles. The number of hydrogen-bond acceptors (Lipinski definition) is 6. The summed E-state index contributed by atoms with van der Waals surface area (Å²) >= 11 is 0. The fraction of sp³-hybridized carbons (Fsp3) is 0.949. The maximum atomic E-state index is 12.8. The number of ether oxygens (including phenoxy) is 3. The Bertz CT molecular complexity index is 993. The van der Waals surface area contributed by atoms with E-state index in [0.717, 1.165) is 69.6 Å². The predicted molar refractivity (Wildman–Crippen MR) is 280 cm³/mol. The van der Waals surface area contributed by atoms with Crippen molar-refractivity contribution in [2.75, 3.05) is 13.2 Å². The van der Waals surface area contributed by atoms with Crippen molar-refractivity contribution >= 4 is 17.9 Å². The molecule has 1 atom stereocenters.